The van der Waals surface area contributed by atoms with Gasteiger partial charge in [-0.2, -0.15) is 0 Å². The first-order valence-corrected chi connectivity index (χ1v) is 4.39. The van der Waals surface area contributed by atoms with Crippen molar-refractivity contribution in [2.45, 2.75) is 31.4 Å². The van der Waals surface area contributed by atoms with Gasteiger partial charge in [0, 0.05) is 19.0 Å². The van der Waals surface area contributed by atoms with Crippen molar-refractivity contribution < 1.29 is 14.6 Å². The minimum Gasteiger partial charge on any atom is -0.444 e. The molecule has 1 saturated heterocycles. The molecule has 68 valence electrons. The molecule has 1 atom stereocenters. The summed E-state index contributed by atoms with van der Waals surface area (Å²) in [6.07, 6.45) is 2.46. The SMILES string of the molecule is O=C1OC(CO)CCN1C1CC1. The quantitative estimate of drug-likeness (QED) is 0.652. The van der Waals surface area contributed by atoms with Crippen LogP contribution in [0.3, 0.4) is 0 Å². The number of aliphatic hydroxyl groups excluding tert-OH is 1. The van der Waals surface area contributed by atoms with Gasteiger partial charge in [0.15, 0.2) is 0 Å². The molecule has 1 N–H and O–H groups in total. The lowest BCUT2D eigenvalue weighted by Crippen LogP contribution is -2.44. The van der Waals surface area contributed by atoms with E-state index in [1.54, 1.807) is 4.90 Å². The predicted octanol–water partition coefficient (Wildman–Crippen LogP) is 0.352. The molecule has 1 saturated carbocycles. The number of nitrogens with zero attached hydrogens (tertiary/aromatic N) is 1. The molecular formula is C8H13NO3. The van der Waals surface area contributed by atoms with Gasteiger partial charge in [0.05, 0.1) is 6.61 Å². The molecule has 1 heterocycles. The second kappa shape index (κ2) is 2.94. The Bertz CT molecular complexity index is 191. The number of aliphatic hydroxyl groups is 1. The van der Waals surface area contributed by atoms with Crippen LogP contribution in [-0.4, -0.2) is 41.4 Å². The molecule has 2 fully saturated rings. The summed E-state index contributed by atoms with van der Waals surface area (Å²) in [6, 6.07) is 0.428. The molecule has 1 unspecified atom stereocenters. The lowest BCUT2D eigenvalue weighted by atomic mass is 10.2. The smallest absolute Gasteiger partial charge is 0.410 e. The Kier molecular flexibility index (Phi) is 1.92. The van der Waals surface area contributed by atoms with Gasteiger partial charge in [-0.15, -0.1) is 0 Å². The predicted molar refractivity (Wildman–Crippen MR) is 41.7 cm³/mol. The van der Waals surface area contributed by atoms with Crippen LogP contribution in [0.2, 0.25) is 0 Å². The number of hydrogen-bond acceptors (Lipinski definition) is 3. The van der Waals surface area contributed by atoms with E-state index in [4.69, 9.17) is 9.84 Å². The molecule has 0 aromatic heterocycles. The maximum absolute atomic E-state index is 11.2. The zero-order valence-corrected chi connectivity index (χ0v) is 6.90. The Morgan fingerprint density at radius 3 is 2.75 bits per heavy atom. The highest BCUT2D eigenvalue weighted by molar-refractivity contribution is 5.69. The van der Waals surface area contributed by atoms with E-state index < -0.39 is 0 Å². The third-order valence-electron chi connectivity index (χ3n) is 2.39. The molecule has 1 amide bonds. The molecule has 0 aromatic carbocycles. The van der Waals surface area contributed by atoms with Crippen molar-refractivity contribution >= 4 is 6.09 Å². The van der Waals surface area contributed by atoms with Crippen LogP contribution in [0.15, 0.2) is 0 Å². The van der Waals surface area contributed by atoms with Crippen LogP contribution >= 0.6 is 0 Å². The highest BCUT2D eigenvalue weighted by Crippen LogP contribution is 2.29. The van der Waals surface area contributed by atoms with Crippen LogP contribution in [0.4, 0.5) is 4.79 Å². The first-order valence-electron chi connectivity index (χ1n) is 4.39. The third-order valence-corrected chi connectivity index (χ3v) is 2.39. The number of ether oxygens (including phenoxy) is 1. The Morgan fingerprint density at radius 1 is 1.50 bits per heavy atom. The van der Waals surface area contributed by atoms with Gasteiger partial charge in [0.25, 0.3) is 0 Å². The molecule has 12 heavy (non-hydrogen) atoms. The molecular weight excluding hydrogens is 158 g/mol. The molecule has 0 aromatic rings. The van der Waals surface area contributed by atoms with E-state index in [1.807, 2.05) is 0 Å². The normalized spacial score (nSPS) is 30.2. The fourth-order valence-electron chi connectivity index (χ4n) is 1.49. The van der Waals surface area contributed by atoms with E-state index in [1.165, 1.54) is 0 Å². The lowest BCUT2D eigenvalue weighted by molar-refractivity contribution is -0.00295. The van der Waals surface area contributed by atoms with Gasteiger partial charge in [-0.3, -0.25) is 0 Å². The summed E-state index contributed by atoms with van der Waals surface area (Å²) in [5.41, 5.74) is 0. The second-order valence-corrected chi connectivity index (χ2v) is 3.40. The van der Waals surface area contributed by atoms with Gasteiger partial charge in [0.1, 0.15) is 6.10 Å². The topological polar surface area (TPSA) is 49.8 Å². The first kappa shape index (κ1) is 7.86. The molecule has 0 bridgehead atoms. The van der Waals surface area contributed by atoms with Crippen molar-refractivity contribution in [1.29, 1.82) is 0 Å². The summed E-state index contributed by atoms with van der Waals surface area (Å²) >= 11 is 0. The van der Waals surface area contributed by atoms with Crippen LogP contribution in [0, 0.1) is 0 Å². The standard InChI is InChI=1S/C8H13NO3/c10-5-7-3-4-9(6-1-2-6)8(11)12-7/h6-7,10H,1-5H2. The molecule has 0 radical (unpaired) electrons. The molecule has 1 aliphatic heterocycles. The number of carbonyl (C=O) groups is 1. The second-order valence-electron chi connectivity index (χ2n) is 3.40. The Labute approximate surface area is 71.1 Å². The van der Waals surface area contributed by atoms with Crippen LogP contribution in [0.1, 0.15) is 19.3 Å². The molecule has 2 rings (SSSR count). The molecule has 4 heteroatoms. The summed E-state index contributed by atoms with van der Waals surface area (Å²) in [4.78, 5) is 13.0. The fourth-order valence-corrected chi connectivity index (χ4v) is 1.49. The van der Waals surface area contributed by atoms with Crippen LogP contribution in [-0.2, 0) is 4.74 Å². The first-order chi connectivity index (χ1) is 5.81. The van der Waals surface area contributed by atoms with Crippen molar-refractivity contribution in [3.63, 3.8) is 0 Å². The van der Waals surface area contributed by atoms with E-state index in [0.29, 0.717) is 6.04 Å². The zero-order valence-electron chi connectivity index (χ0n) is 6.90. The van der Waals surface area contributed by atoms with E-state index in [0.717, 1.165) is 25.8 Å². The number of cyclic esters (lactones) is 1. The minimum atomic E-state index is -0.271. The van der Waals surface area contributed by atoms with Crippen LogP contribution in [0.25, 0.3) is 0 Å². The average molecular weight is 171 g/mol. The van der Waals surface area contributed by atoms with Gasteiger partial charge in [-0.05, 0) is 12.8 Å². The van der Waals surface area contributed by atoms with Crippen molar-refractivity contribution in [2.75, 3.05) is 13.2 Å². The number of carbonyl (C=O) groups excluding carboxylic acids is 1. The summed E-state index contributed by atoms with van der Waals surface area (Å²) < 4.78 is 4.99. The molecule has 1 aliphatic carbocycles. The lowest BCUT2D eigenvalue weighted by Gasteiger charge is -2.30. The maximum Gasteiger partial charge on any atom is 0.410 e. The van der Waals surface area contributed by atoms with Gasteiger partial charge in [-0.1, -0.05) is 0 Å². The highest BCUT2D eigenvalue weighted by Gasteiger charge is 2.37. The monoisotopic (exact) mass is 171 g/mol. The Balaban J connectivity index is 1.90. The van der Waals surface area contributed by atoms with Crippen LogP contribution in [0.5, 0.6) is 0 Å². The zero-order chi connectivity index (χ0) is 8.55. The molecule has 0 spiro atoms. The Hall–Kier alpha value is -0.770. The van der Waals surface area contributed by atoms with Crippen molar-refractivity contribution in [1.82, 2.24) is 4.90 Å². The maximum atomic E-state index is 11.2. The average Bonchev–Trinajstić information content (AvgIpc) is 2.87. The summed E-state index contributed by atoms with van der Waals surface area (Å²) in [5, 5.41) is 8.75. The molecule has 4 nitrogen and oxygen atoms in total. The minimum absolute atomic E-state index is 0.0513. The van der Waals surface area contributed by atoms with Crippen molar-refractivity contribution in [2.24, 2.45) is 0 Å². The van der Waals surface area contributed by atoms with E-state index >= 15 is 0 Å². The van der Waals surface area contributed by atoms with E-state index in [9.17, 15) is 4.79 Å². The highest BCUT2D eigenvalue weighted by atomic mass is 16.6. The fraction of sp³-hybridized carbons (Fsp3) is 0.875. The molecule has 2 aliphatic rings. The third kappa shape index (κ3) is 1.39. The van der Waals surface area contributed by atoms with Gasteiger partial charge < -0.3 is 14.7 Å². The number of amides is 1. The van der Waals surface area contributed by atoms with Crippen molar-refractivity contribution in [3.8, 4) is 0 Å². The number of hydrogen-bond donors (Lipinski definition) is 1. The summed E-state index contributed by atoms with van der Waals surface area (Å²) in [6.45, 7) is 0.693. The number of rotatable bonds is 2. The van der Waals surface area contributed by atoms with Gasteiger partial charge >= 0.3 is 6.09 Å². The van der Waals surface area contributed by atoms with E-state index in [2.05, 4.69) is 0 Å². The van der Waals surface area contributed by atoms with Crippen LogP contribution < -0.4 is 0 Å². The summed E-state index contributed by atoms with van der Waals surface area (Å²) in [5.74, 6) is 0. The largest absolute Gasteiger partial charge is 0.444 e. The van der Waals surface area contributed by atoms with E-state index in [-0.39, 0.29) is 18.8 Å². The van der Waals surface area contributed by atoms with Gasteiger partial charge in [0.2, 0.25) is 0 Å². The van der Waals surface area contributed by atoms with Crippen molar-refractivity contribution in [3.05, 3.63) is 0 Å². The Morgan fingerprint density at radius 2 is 2.25 bits per heavy atom. The van der Waals surface area contributed by atoms with Gasteiger partial charge in [-0.25, -0.2) is 4.79 Å². The summed E-state index contributed by atoms with van der Waals surface area (Å²) in [7, 11) is 0.